The van der Waals surface area contributed by atoms with Crippen LogP contribution in [0.5, 0.6) is 0 Å². The number of aryl methyl sites for hydroxylation is 2. The van der Waals surface area contributed by atoms with Crippen LogP contribution in [0.4, 0.5) is 0 Å². The number of ketones is 1. The molecule has 0 amide bonds. The van der Waals surface area contributed by atoms with Crippen molar-refractivity contribution in [2.45, 2.75) is 39.0 Å². The van der Waals surface area contributed by atoms with E-state index in [0.29, 0.717) is 16.5 Å². The smallest absolute Gasteiger partial charge is 0.179 e. The van der Waals surface area contributed by atoms with Crippen molar-refractivity contribution in [2.75, 3.05) is 0 Å². The molecule has 0 atom stereocenters. The fourth-order valence-corrected chi connectivity index (χ4v) is 3.58. The molecular weight excluding hydrogens is 281 g/mol. The molecule has 1 aromatic heterocycles. The number of halogens is 2. The molecular formula is C15H15Cl2NO. The highest BCUT2D eigenvalue weighted by Crippen LogP contribution is 2.38. The number of hydrogen-bond acceptors (Lipinski definition) is 1. The number of benzene rings is 1. The Labute approximate surface area is 122 Å². The quantitative estimate of drug-likeness (QED) is 0.836. The lowest BCUT2D eigenvalue weighted by atomic mass is 9.92. The zero-order chi connectivity index (χ0) is 13.6. The zero-order valence-corrected chi connectivity index (χ0v) is 12.3. The number of aromatic nitrogens is 1. The van der Waals surface area contributed by atoms with Gasteiger partial charge in [-0.05, 0) is 36.5 Å². The molecule has 3 rings (SSSR count). The summed E-state index contributed by atoms with van der Waals surface area (Å²) in [6.07, 6.45) is 4.38. The lowest BCUT2D eigenvalue weighted by Crippen LogP contribution is -2.09. The van der Waals surface area contributed by atoms with Crippen molar-refractivity contribution in [3.8, 4) is 0 Å². The molecule has 1 aliphatic carbocycles. The first-order valence-corrected chi connectivity index (χ1v) is 7.43. The van der Waals surface area contributed by atoms with Crippen LogP contribution in [-0.4, -0.2) is 10.8 Å². The van der Waals surface area contributed by atoms with Gasteiger partial charge in [0.15, 0.2) is 5.78 Å². The molecule has 19 heavy (non-hydrogen) atoms. The van der Waals surface area contributed by atoms with Gasteiger partial charge in [0.05, 0.1) is 16.2 Å². The van der Waals surface area contributed by atoms with Gasteiger partial charge in [-0.1, -0.05) is 36.5 Å². The van der Waals surface area contributed by atoms with Gasteiger partial charge >= 0.3 is 0 Å². The Balaban J connectivity index is 2.38. The van der Waals surface area contributed by atoms with Crippen molar-refractivity contribution < 1.29 is 4.79 Å². The molecule has 0 bridgehead atoms. The van der Waals surface area contributed by atoms with E-state index < -0.39 is 0 Å². The van der Waals surface area contributed by atoms with Crippen LogP contribution in [0.3, 0.4) is 0 Å². The van der Waals surface area contributed by atoms with E-state index in [9.17, 15) is 4.79 Å². The fraction of sp³-hybridized carbons (Fsp3) is 0.400. The summed E-state index contributed by atoms with van der Waals surface area (Å²) in [5.41, 5.74) is 3.84. The molecule has 0 saturated carbocycles. The van der Waals surface area contributed by atoms with Crippen molar-refractivity contribution >= 4 is 39.9 Å². The first-order chi connectivity index (χ1) is 9.13. The number of Topliss-reactive ketones (excluding diaryl/α,β-unsaturated/α-hetero) is 1. The third-order valence-corrected chi connectivity index (χ3v) is 4.43. The third kappa shape index (κ3) is 1.98. The minimum Gasteiger partial charge on any atom is -0.351 e. The SMILES string of the molecule is CCCc1c(Cl)cc(Cl)c2[nH]c3c(c12)CCCC3=O. The van der Waals surface area contributed by atoms with E-state index in [4.69, 9.17) is 23.2 Å². The van der Waals surface area contributed by atoms with Crippen LogP contribution in [-0.2, 0) is 12.8 Å². The van der Waals surface area contributed by atoms with Crippen molar-refractivity contribution in [2.24, 2.45) is 0 Å². The molecule has 0 radical (unpaired) electrons. The van der Waals surface area contributed by atoms with Crippen LogP contribution >= 0.6 is 23.2 Å². The highest BCUT2D eigenvalue weighted by molar-refractivity contribution is 6.39. The van der Waals surface area contributed by atoms with Crippen molar-refractivity contribution in [1.82, 2.24) is 4.98 Å². The lowest BCUT2D eigenvalue weighted by Gasteiger charge is -2.12. The predicted octanol–water partition coefficient (Wildman–Crippen LogP) is 4.95. The maximum absolute atomic E-state index is 12.0. The van der Waals surface area contributed by atoms with E-state index in [1.165, 1.54) is 0 Å². The van der Waals surface area contributed by atoms with Crippen LogP contribution in [0, 0.1) is 0 Å². The van der Waals surface area contributed by atoms with Crippen LogP contribution in [0.15, 0.2) is 6.07 Å². The second-order valence-electron chi connectivity index (χ2n) is 5.07. The molecule has 0 aliphatic heterocycles. The maximum Gasteiger partial charge on any atom is 0.179 e. The monoisotopic (exact) mass is 295 g/mol. The summed E-state index contributed by atoms with van der Waals surface area (Å²) in [6.45, 7) is 2.13. The Morgan fingerprint density at radius 1 is 1.26 bits per heavy atom. The summed E-state index contributed by atoms with van der Waals surface area (Å²) in [7, 11) is 0. The number of nitrogens with one attached hydrogen (secondary N) is 1. The van der Waals surface area contributed by atoms with Gasteiger partial charge < -0.3 is 4.98 Å². The Morgan fingerprint density at radius 3 is 2.79 bits per heavy atom. The molecule has 0 unspecified atom stereocenters. The fourth-order valence-electron chi connectivity index (χ4n) is 2.97. The Bertz CT molecular complexity index is 673. The van der Waals surface area contributed by atoms with Gasteiger partial charge in [-0.25, -0.2) is 0 Å². The predicted molar refractivity (Wildman–Crippen MR) is 79.6 cm³/mol. The summed E-state index contributed by atoms with van der Waals surface area (Å²) < 4.78 is 0. The normalized spacial score (nSPS) is 15.0. The van der Waals surface area contributed by atoms with Gasteiger partial charge in [0.25, 0.3) is 0 Å². The average molecular weight is 296 g/mol. The summed E-state index contributed by atoms with van der Waals surface area (Å²) >= 11 is 12.6. The third-order valence-electron chi connectivity index (χ3n) is 3.80. The molecule has 1 aliphatic rings. The van der Waals surface area contributed by atoms with E-state index >= 15 is 0 Å². The van der Waals surface area contributed by atoms with Gasteiger partial charge in [0.2, 0.25) is 0 Å². The minimum absolute atomic E-state index is 0.187. The number of H-pyrrole nitrogens is 1. The molecule has 1 heterocycles. The van der Waals surface area contributed by atoms with Crippen LogP contribution in [0.1, 0.15) is 47.8 Å². The summed E-state index contributed by atoms with van der Waals surface area (Å²) in [4.78, 5) is 15.2. The zero-order valence-electron chi connectivity index (χ0n) is 10.8. The lowest BCUT2D eigenvalue weighted by molar-refractivity contribution is 0.0968. The molecule has 2 nitrogen and oxygen atoms in total. The first-order valence-electron chi connectivity index (χ1n) is 6.68. The number of fused-ring (bicyclic) bond motifs is 3. The number of hydrogen-bond donors (Lipinski definition) is 1. The molecule has 1 N–H and O–H groups in total. The molecule has 4 heteroatoms. The summed E-state index contributed by atoms with van der Waals surface area (Å²) in [6, 6.07) is 1.78. The second-order valence-corrected chi connectivity index (χ2v) is 5.89. The number of aromatic amines is 1. The van der Waals surface area contributed by atoms with Gasteiger partial charge in [0, 0.05) is 16.8 Å². The van der Waals surface area contributed by atoms with Crippen LogP contribution in [0.2, 0.25) is 10.0 Å². The van der Waals surface area contributed by atoms with Crippen molar-refractivity contribution in [3.63, 3.8) is 0 Å². The average Bonchev–Trinajstić information content (AvgIpc) is 2.76. The number of carbonyl (C=O) groups is 1. The van der Waals surface area contributed by atoms with E-state index in [1.54, 1.807) is 6.07 Å². The van der Waals surface area contributed by atoms with Gasteiger partial charge in [0.1, 0.15) is 0 Å². The number of rotatable bonds is 2. The molecule has 2 aromatic rings. The second kappa shape index (κ2) is 4.84. The summed E-state index contributed by atoms with van der Waals surface area (Å²) in [5.74, 6) is 0.187. The standard InChI is InChI=1S/C15H15Cl2NO/c1-2-4-8-10(16)7-11(17)15-13(8)9-5-3-6-12(19)14(9)18-15/h7,18H,2-6H2,1H3. The molecule has 100 valence electrons. The topological polar surface area (TPSA) is 32.9 Å². The van der Waals surface area contributed by atoms with Gasteiger partial charge in [-0.15, -0.1) is 0 Å². The van der Waals surface area contributed by atoms with Gasteiger partial charge in [-0.2, -0.15) is 0 Å². The maximum atomic E-state index is 12.0. The largest absolute Gasteiger partial charge is 0.351 e. The molecule has 0 saturated heterocycles. The Hall–Kier alpha value is -0.990. The summed E-state index contributed by atoms with van der Waals surface area (Å²) in [5, 5.41) is 2.39. The Kier molecular flexibility index (Phi) is 3.32. The highest BCUT2D eigenvalue weighted by Gasteiger charge is 2.25. The molecule has 0 spiro atoms. The van der Waals surface area contributed by atoms with E-state index in [0.717, 1.165) is 53.4 Å². The Morgan fingerprint density at radius 2 is 2.05 bits per heavy atom. The van der Waals surface area contributed by atoms with Crippen LogP contribution in [0.25, 0.3) is 10.9 Å². The van der Waals surface area contributed by atoms with Crippen molar-refractivity contribution in [3.05, 3.63) is 32.9 Å². The van der Waals surface area contributed by atoms with Crippen LogP contribution < -0.4 is 0 Å². The molecule has 0 fully saturated rings. The van der Waals surface area contributed by atoms with E-state index in [2.05, 4.69) is 11.9 Å². The van der Waals surface area contributed by atoms with Gasteiger partial charge in [-0.3, -0.25) is 4.79 Å². The first kappa shape index (κ1) is 13.0. The highest BCUT2D eigenvalue weighted by atomic mass is 35.5. The van der Waals surface area contributed by atoms with E-state index in [1.807, 2.05) is 0 Å². The number of carbonyl (C=O) groups excluding carboxylic acids is 1. The van der Waals surface area contributed by atoms with Crippen molar-refractivity contribution in [1.29, 1.82) is 0 Å². The molecule has 1 aromatic carbocycles. The minimum atomic E-state index is 0.187. The van der Waals surface area contributed by atoms with E-state index in [-0.39, 0.29) is 5.78 Å².